The van der Waals surface area contributed by atoms with Gasteiger partial charge in [-0.05, 0) is 25.7 Å². The molecule has 1 saturated carbocycles. The standard InChI is InChI=1S/C16H30N2O2/c1-5-12-8-7-9-18(11-12)14(19)16(17)10-13(20-6-2)15(16,3)4/h12-13H,5-11,17H2,1-4H3. The second-order valence-corrected chi connectivity index (χ2v) is 7.01. The molecule has 116 valence electrons. The van der Waals surface area contributed by atoms with Gasteiger partial charge in [-0.1, -0.05) is 27.2 Å². The number of nitrogens with two attached hydrogens (primary N) is 1. The van der Waals surface area contributed by atoms with Gasteiger partial charge in [0.15, 0.2) is 0 Å². The molecule has 0 radical (unpaired) electrons. The summed E-state index contributed by atoms with van der Waals surface area (Å²) in [5.41, 5.74) is 5.47. The van der Waals surface area contributed by atoms with Crippen molar-refractivity contribution in [2.75, 3.05) is 19.7 Å². The second kappa shape index (κ2) is 5.64. The predicted octanol–water partition coefficient (Wildman–Crippen LogP) is 2.17. The molecule has 3 unspecified atom stereocenters. The Morgan fingerprint density at radius 3 is 2.65 bits per heavy atom. The maximum absolute atomic E-state index is 12.9. The summed E-state index contributed by atoms with van der Waals surface area (Å²) in [5, 5.41) is 0. The summed E-state index contributed by atoms with van der Waals surface area (Å²) in [6, 6.07) is 0. The maximum Gasteiger partial charge on any atom is 0.243 e. The lowest BCUT2D eigenvalue weighted by Crippen LogP contribution is -2.76. The van der Waals surface area contributed by atoms with Crippen molar-refractivity contribution in [1.82, 2.24) is 4.90 Å². The molecule has 2 N–H and O–H groups in total. The van der Waals surface area contributed by atoms with Crippen molar-refractivity contribution in [1.29, 1.82) is 0 Å². The quantitative estimate of drug-likeness (QED) is 0.859. The Morgan fingerprint density at radius 2 is 2.10 bits per heavy atom. The minimum Gasteiger partial charge on any atom is -0.378 e. The summed E-state index contributed by atoms with van der Waals surface area (Å²) < 4.78 is 5.72. The van der Waals surface area contributed by atoms with Gasteiger partial charge >= 0.3 is 0 Å². The number of likely N-dealkylation sites (tertiary alicyclic amines) is 1. The molecule has 1 aliphatic carbocycles. The fourth-order valence-electron chi connectivity index (χ4n) is 3.66. The molecule has 3 atom stereocenters. The summed E-state index contributed by atoms with van der Waals surface area (Å²) >= 11 is 0. The zero-order chi connectivity index (χ0) is 15.0. The van der Waals surface area contributed by atoms with Crippen LogP contribution in [0.1, 0.15) is 53.4 Å². The Bertz CT molecular complexity index is 369. The molecule has 2 rings (SSSR count). The van der Waals surface area contributed by atoms with Gasteiger partial charge in [0.05, 0.1) is 6.10 Å². The van der Waals surface area contributed by atoms with Crippen LogP contribution < -0.4 is 5.73 Å². The first-order valence-corrected chi connectivity index (χ1v) is 8.06. The second-order valence-electron chi connectivity index (χ2n) is 7.01. The first kappa shape index (κ1) is 15.8. The van der Waals surface area contributed by atoms with E-state index in [9.17, 15) is 4.79 Å². The molecule has 2 aliphatic rings. The summed E-state index contributed by atoms with van der Waals surface area (Å²) in [6.07, 6.45) is 4.25. The average molecular weight is 282 g/mol. The molecule has 4 heteroatoms. The summed E-state index contributed by atoms with van der Waals surface area (Å²) in [7, 11) is 0. The van der Waals surface area contributed by atoms with Crippen molar-refractivity contribution in [2.45, 2.75) is 65.0 Å². The summed E-state index contributed by atoms with van der Waals surface area (Å²) in [5.74, 6) is 0.777. The SMILES string of the molecule is CCOC1CC(N)(C(=O)N2CCCC(CC)C2)C1(C)C. The van der Waals surface area contributed by atoms with Crippen LogP contribution >= 0.6 is 0 Å². The monoisotopic (exact) mass is 282 g/mol. The Labute approximate surface area is 123 Å². The third-order valence-electron chi connectivity index (χ3n) is 5.60. The predicted molar refractivity (Wildman–Crippen MR) is 80.3 cm³/mol. The number of hydrogen-bond donors (Lipinski definition) is 1. The number of rotatable bonds is 4. The van der Waals surface area contributed by atoms with E-state index in [2.05, 4.69) is 20.8 Å². The molecule has 1 heterocycles. The molecule has 0 aromatic heterocycles. The molecular weight excluding hydrogens is 252 g/mol. The molecule has 0 aromatic carbocycles. The van der Waals surface area contributed by atoms with Crippen LogP contribution in [-0.2, 0) is 9.53 Å². The van der Waals surface area contributed by atoms with Gasteiger partial charge in [0.1, 0.15) is 5.54 Å². The minimum absolute atomic E-state index is 0.105. The lowest BCUT2D eigenvalue weighted by atomic mass is 9.54. The fraction of sp³-hybridized carbons (Fsp3) is 0.938. The van der Waals surface area contributed by atoms with E-state index in [1.165, 1.54) is 6.42 Å². The van der Waals surface area contributed by atoms with Crippen molar-refractivity contribution in [3.63, 3.8) is 0 Å². The third-order valence-corrected chi connectivity index (χ3v) is 5.60. The third kappa shape index (κ3) is 2.37. The molecule has 1 amide bonds. The highest BCUT2D eigenvalue weighted by Gasteiger charge is 2.63. The van der Waals surface area contributed by atoms with Gasteiger partial charge in [-0.25, -0.2) is 0 Å². The summed E-state index contributed by atoms with van der Waals surface area (Å²) in [6.45, 7) is 10.7. The number of piperidine rings is 1. The molecule has 4 nitrogen and oxygen atoms in total. The molecule has 0 spiro atoms. The van der Waals surface area contributed by atoms with Crippen LogP contribution in [0, 0.1) is 11.3 Å². The first-order chi connectivity index (χ1) is 9.36. The van der Waals surface area contributed by atoms with E-state index in [-0.39, 0.29) is 17.4 Å². The van der Waals surface area contributed by atoms with E-state index in [1.807, 2.05) is 11.8 Å². The van der Waals surface area contributed by atoms with Crippen LogP contribution in [-0.4, -0.2) is 42.1 Å². The van der Waals surface area contributed by atoms with Gasteiger partial charge < -0.3 is 15.4 Å². The van der Waals surface area contributed by atoms with E-state index >= 15 is 0 Å². The molecule has 0 aromatic rings. The molecule has 20 heavy (non-hydrogen) atoms. The van der Waals surface area contributed by atoms with E-state index in [4.69, 9.17) is 10.5 Å². The highest BCUT2D eigenvalue weighted by Crippen LogP contribution is 2.50. The Balaban J connectivity index is 2.05. The molecular formula is C16H30N2O2. The van der Waals surface area contributed by atoms with Crippen LogP contribution in [0.15, 0.2) is 0 Å². The average Bonchev–Trinajstić information content (AvgIpc) is 2.46. The highest BCUT2D eigenvalue weighted by molar-refractivity contribution is 5.89. The largest absolute Gasteiger partial charge is 0.378 e. The van der Waals surface area contributed by atoms with Crippen LogP contribution in [0.5, 0.6) is 0 Å². The van der Waals surface area contributed by atoms with Gasteiger partial charge in [-0.2, -0.15) is 0 Å². The minimum atomic E-state index is -0.748. The van der Waals surface area contributed by atoms with Crippen molar-refractivity contribution in [3.05, 3.63) is 0 Å². The van der Waals surface area contributed by atoms with Crippen LogP contribution in [0.3, 0.4) is 0 Å². The molecule has 1 aliphatic heterocycles. The van der Waals surface area contributed by atoms with Crippen molar-refractivity contribution in [2.24, 2.45) is 17.1 Å². The van der Waals surface area contributed by atoms with Gasteiger partial charge in [0, 0.05) is 31.5 Å². The van der Waals surface area contributed by atoms with E-state index in [0.717, 1.165) is 25.9 Å². The summed E-state index contributed by atoms with van der Waals surface area (Å²) in [4.78, 5) is 14.9. The smallest absolute Gasteiger partial charge is 0.243 e. The number of amides is 1. The van der Waals surface area contributed by atoms with Crippen LogP contribution in [0.4, 0.5) is 0 Å². The zero-order valence-corrected chi connectivity index (χ0v) is 13.4. The number of nitrogens with zero attached hydrogens (tertiary/aromatic N) is 1. The Hall–Kier alpha value is -0.610. The highest BCUT2D eigenvalue weighted by atomic mass is 16.5. The van der Waals surface area contributed by atoms with Crippen LogP contribution in [0.25, 0.3) is 0 Å². The maximum atomic E-state index is 12.9. The fourth-order valence-corrected chi connectivity index (χ4v) is 3.66. The molecule has 1 saturated heterocycles. The number of ether oxygens (including phenoxy) is 1. The molecule has 0 bridgehead atoms. The van der Waals surface area contributed by atoms with Gasteiger partial charge in [-0.15, -0.1) is 0 Å². The van der Waals surface area contributed by atoms with Crippen molar-refractivity contribution >= 4 is 5.91 Å². The topological polar surface area (TPSA) is 55.6 Å². The zero-order valence-electron chi connectivity index (χ0n) is 13.4. The van der Waals surface area contributed by atoms with Crippen molar-refractivity contribution < 1.29 is 9.53 Å². The van der Waals surface area contributed by atoms with E-state index in [0.29, 0.717) is 18.9 Å². The van der Waals surface area contributed by atoms with Gasteiger partial charge in [0.25, 0.3) is 0 Å². The first-order valence-electron chi connectivity index (χ1n) is 8.06. The van der Waals surface area contributed by atoms with Gasteiger partial charge in [0.2, 0.25) is 5.91 Å². The number of hydrogen-bond acceptors (Lipinski definition) is 3. The number of carbonyl (C=O) groups is 1. The molecule has 2 fully saturated rings. The van der Waals surface area contributed by atoms with Crippen LogP contribution in [0.2, 0.25) is 0 Å². The van der Waals surface area contributed by atoms with E-state index in [1.54, 1.807) is 0 Å². The van der Waals surface area contributed by atoms with Gasteiger partial charge in [-0.3, -0.25) is 4.79 Å². The Kier molecular flexibility index (Phi) is 4.45. The normalized spacial score (nSPS) is 36.5. The number of carbonyl (C=O) groups excluding carboxylic acids is 1. The Morgan fingerprint density at radius 1 is 1.40 bits per heavy atom. The van der Waals surface area contributed by atoms with E-state index < -0.39 is 5.54 Å². The van der Waals surface area contributed by atoms with Crippen molar-refractivity contribution in [3.8, 4) is 0 Å². The lowest BCUT2D eigenvalue weighted by molar-refractivity contribution is -0.180. The lowest BCUT2D eigenvalue weighted by Gasteiger charge is -2.59.